The standard InChI is InChI=1S/C24H24FN5O3/c1-29-11-17(10-27-29)15-4-5-16(19(25)9-15)12-30-13-18(23-21(30)3-2-7-26-23)24(32)28-20-6-8-33-14-22(20)31/h2-5,7,9-11,13,20,22,31H,6,8,12,14H2,1H3,(H,28,32). The molecule has 3 aromatic heterocycles. The van der Waals surface area contributed by atoms with E-state index in [0.717, 1.165) is 16.6 Å². The number of nitrogens with one attached hydrogen (secondary N) is 1. The van der Waals surface area contributed by atoms with Gasteiger partial charge in [-0.25, -0.2) is 4.39 Å². The predicted octanol–water partition coefficient (Wildman–Crippen LogP) is 2.50. The Morgan fingerprint density at radius 2 is 2.18 bits per heavy atom. The van der Waals surface area contributed by atoms with Crippen molar-refractivity contribution < 1.29 is 19.0 Å². The Bertz CT molecular complexity index is 1310. The SMILES string of the molecule is Cn1cc(-c2ccc(Cn3cc(C(=O)NC4CCOCC4O)c4ncccc43)c(F)c2)cn1. The molecule has 0 bridgehead atoms. The van der Waals surface area contributed by atoms with E-state index in [4.69, 9.17) is 4.74 Å². The molecule has 5 rings (SSSR count). The van der Waals surface area contributed by atoms with Crippen LogP contribution in [0.25, 0.3) is 22.2 Å². The van der Waals surface area contributed by atoms with Crippen molar-refractivity contribution in [1.82, 2.24) is 24.6 Å². The summed E-state index contributed by atoms with van der Waals surface area (Å²) in [5.41, 5.74) is 3.73. The van der Waals surface area contributed by atoms with Gasteiger partial charge in [0, 0.05) is 43.4 Å². The quantitative estimate of drug-likeness (QED) is 0.488. The number of carbonyl (C=O) groups excluding carboxylic acids is 1. The highest BCUT2D eigenvalue weighted by Crippen LogP contribution is 2.25. The van der Waals surface area contributed by atoms with Gasteiger partial charge in [0.1, 0.15) is 11.3 Å². The van der Waals surface area contributed by atoms with E-state index in [2.05, 4.69) is 15.4 Å². The van der Waals surface area contributed by atoms with E-state index in [0.29, 0.717) is 29.7 Å². The first-order chi connectivity index (χ1) is 16.0. The van der Waals surface area contributed by atoms with Gasteiger partial charge >= 0.3 is 0 Å². The summed E-state index contributed by atoms with van der Waals surface area (Å²) >= 11 is 0. The maximum Gasteiger partial charge on any atom is 0.255 e. The Labute approximate surface area is 189 Å². The number of hydrogen-bond donors (Lipinski definition) is 2. The maximum atomic E-state index is 15.0. The zero-order valence-corrected chi connectivity index (χ0v) is 18.1. The van der Waals surface area contributed by atoms with Crippen LogP contribution in [0, 0.1) is 5.82 Å². The van der Waals surface area contributed by atoms with Crippen molar-refractivity contribution in [2.75, 3.05) is 13.2 Å². The maximum absolute atomic E-state index is 15.0. The van der Waals surface area contributed by atoms with Gasteiger partial charge in [-0.1, -0.05) is 12.1 Å². The molecule has 0 radical (unpaired) electrons. The van der Waals surface area contributed by atoms with Crippen LogP contribution in [0.15, 0.2) is 55.1 Å². The first-order valence-electron chi connectivity index (χ1n) is 10.8. The number of amides is 1. The predicted molar refractivity (Wildman–Crippen MR) is 120 cm³/mol. The second-order valence-electron chi connectivity index (χ2n) is 8.26. The van der Waals surface area contributed by atoms with E-state index in [1.165, 1.54) is 6.07 Å². The monoisotopic (exact) mass is 449 g/mol. The molecule has 1 aromatic carbocycles. The summed E-state index contributed by atoms with van der Waals surface area (Å²) in [4.78, 5) is 17.4. The van der Waals surface area contributed by atoms with Gasteiger partial charge in [-0.2, -0.15) is 5.10 Å². The molecule has 170 valence electrons. The van der Waals surface area contributed by atoms with Gasteiger partial charge in [0.2, 0.25) is 0 Å². The van der Waals surface area contributed by atoms with Crippen molar-refractivity contribution in [3.05, 3.63) is 72.1 Å². The van der Waals surface area contributed by atoms with Gasteiger partial charge in [0.15, 0.2) is 0 Å². The van der Waals surface area contributed by atoms with Crippen LogP contribution < -0.4 is 5.32 Å². The van der Waals surface area contributed by atoms with Crippen LogP contribution in [0.4, 0.5) is 4.39 Å². The number of ether oxygens (including phenoxy) is 1. The topological polar surface area (TPSA) is 94.2 Å². The molecule has 1 saturated heterocycles. The fourth-order valence-electron chi connectivity index (χ4n) is 4.17. The summed E-state index contributed by atoms with van der Waals surface area (Å²) in [6, 6.07) is 8.36. The third-order valence-electron chi connectivity index (χ3n) is 5.96. The van der Waals surface area contributed by atoms with Crippen molar-refractivity contribution in [2.45, 2.75) is 25.1 Å². The zero-order chi connectivity index (χ0) is 22.9. The number of aliphatic hydroxyl groups is 1. The first-order valence-corrected chi connectivity index (χ1v) is 10.8. The minimum atomic E-state index is -0.753. The van der Waals surface area contributed by atoms with E-state index >= 15 is 0 Å². The van der Waals surface area contributed by atoms with Crippen molar-refractivity contribution >= 4 is 16.9 Å². The molecule has 9 heteroatoms. The van der Waals surface area contributed by atoms with Gasteiger partial charge < -0.3 is 19.7 Å². The Hall–Kier alpha value is -3.56. The van der Waals surface area contributed by atoms with Gasteiger partial charge in [-0.3, -0.25) is 14.5 Å². The van der Waals surface area contributed by atoms with E-state index in [1.54, 1.807) is 35.4 Å². The number of aliphatic hydroxyl groups excluding tert-OH is 1. The molecule has 4 heterocycles. The number of halogens is 1. The molecule has 1 amide bonds. The molecule has 1 fully saturated rings. The minimum absolute atomic E-state index is 0.194. The third-order valence-corrected chi connectivity index (χ3v) is 5.96. The number of rotatable bonds is 5. The number of aryl methyl sites for hydroxylation is 1. The summed E-state index contributed by atoms with van der Waals surface area (Å²) in [5.74, 6) is -0.658. The van der Waals surface area contributed by atoms with Crippen LogP contribution in [0.2, 0.25) is 0 Å². The molecule has 8 nitrogen and oxygen atoms in total. The summed E-state index contributed by atoms with van der Waals surface area (Å²) in [5, 5.41) is 17.1. The number of fused-ring (bicyclic) bond motifs is 1. The normalized spacial score (nSPS) is 18.5. The third kappa shape index (κ3) is 4.24. The molecular weight excluding hydrogens is 425 g/mol. The molecule has 0 saturated carbocycles. The number of benzene rings is 1. The number of pyridine rings is 1. The highest BCUT2D eigenvalue weighted by Gasteiger charge is 2.27. The summed E-state index contributed by atoms with van der Waals surface area (Å²) in [7, 11) is 1.82. The summed E-state index contributed by atoms with van der Waals surface area (Å²) in [6.45, 7) is 0.921. The van der Waals surface area contributed by atoms with Crippen molar-refractivity contribution in [3.63, 3.8) is 0 Å². The van der Waals surface area contributed by atoms with Gasteiger partial charge in [0.25, 0.3) is 5.91 Å². The second kappa shape index (κ2) is 8.76. The van der Waals surface area contributed by atoms with Crippen LogP contribution in [0.3, 0.4) is 0 Å². The van der Waals surface area contributed by atoms with Crippen LogP contribution in [-0.2, 0) is 18.3 Å². The second-order valence-corrected chi connectivity index (χ2v) is 8.26. The smallest absolute Gasteiger partial charge is 0.255 e. The largest absolute Gasteiger partial charge is 0.389 e. The number of nitrogens with zero attached hydrogens (tertiary/aromatic N) is 4. The van der Waals surface area contributed by atoms with E-state index < -0.39 is 6.10 Å². The Morgan fingerprint density at radius 1 is 1.30 bits per heavy atom. The fraction of sp³-hybridized carbons (Fsp3) is 0.292. The first kappa shape index (κ1) is 21.3. The zero-order valence-electron chi connectivity index (χ0n) is 18.1. The molecule has 33 heavy (non-hydrogen) atoms. The molecule has 2 unspecified atom stereocenters. The summed E-state index contributed by atoms with van der Waals surface area (Å²) < 4.78 is 23.7. The molecular formula is C24H24FN5O3. The van der Waals surface area contributed by atoms with Crippen LogP contribution in [0.5, 0.6) is 0 Å². The van der Waals surface area contributed by atoms with E-state index in [1.807, 2.05) is 29.9 Å². The van der Waals surface area contributed by atoms with E-state index in [-0.39, 0.29) is 30.9 Å². The van der Waals surface area contributed by atoms with Crippen molar-refractivity contribution in [2.24, 2.45) is 7.05 Å². The molecule has 1 aliphatic heterocycles. The minimum Gasteiger partial charge on any atom is -0.389 e. The lowest BCUT2D eigenvalue weighted by atomic mass is 10.1. The van der Waals surface area contributed by atoms with Gasteiger partial charge in [-0.05, 0) is 30.2 Å². The molecule has 4 aromatic rings. The van der Waals surface area contributed by atoms with Crippen molar-refractivity contribution in [3.8, 4) is 11.1 Å². The number of aromatic nitrogens is 4. The lowest BCUT2D eigenvalue weighted by Gasteiger charge is -2.28. The van der Waals surface area contributed by atoms with E-state index in [9.17, 15) is 14.3 Å². The van der Waals surface area contributed by atoms with Gasteiger partial charge in [-0.15, -0.1) is 0 Å². The van der Waals surface area contributed by atoms with Crippen molar-refractivity contribution in [1.29, 1.82) is 0 Å². The highest BCUT2D eigenvalue weighted by atomic mass is 19.1. The molecule has 1 aliphatic rings. The fourth-order valence-corrected chi connectivity index (χ4v) is 4.17. The highest BCUT2D eigenvalue weighted by molar-refractivity contribution is 6.05. The summed E-state index contributed by atoms with van der Waals surface area (Å²) in [6.07, 6.45) is 6.62. The average molecular weight is 449 g/mol. The van der Waals surface area contributed by atoms with Gasteiger partial charge in [0.05, 0.1) is 42.6 Å². The average Bonchev–Trinajstić information content (AvgIpc) is 3.41. The Morgan fingerprint density at radius 3 is 2.94 bits per heavy atom. The molecule has 2 N–H and O–H groups in total. The van der Waals surface area contributed by atoms with Crippen LogP contribution in [0.1, 0.15) is 22.3 Å². The molecule has 2 atom stereocenters. The molecule has 0 spiro atoms. The lowest BCUT2D eigenvalue weighted by molar-refractivity contribution is -0.0260. The van der Waals surface area contributed by atoms with Crippen LogP contribution in [-0.4, -0.2) is 55.7 Å². The van der Waals surface area contributed by atoms with Crippen LogP contribution >= 0.6 is 0 Å². The molecule has 0 aliphatic carbocycles. The Balaban J connectivity index is 1.43. The number of carbonyl (C=O) groups is 1. The number of hydrogen-bond acceptors (Lipinski definition) is 5. The Kier molecular flexibility index (Phi) is 5.65. The lowest BCUT2D eigenvalue weighted by Crippen LogP contribution is -2.48.